The monoisotopic (exact) mass is 360 g/mol. The molecule has 5 nitrogen and oxygen atoms in total. The molecule has 0 N–H and O–H groups in total. The lowest BCUT2D eigenvalue weighted by Crippen LogP contribution is -2.56. The van der Waals surface area contributed by atoms with Crippen LogP contribution in [0.15, 0.2) is 71.3 Å². The summed E-state index contributed by atoms with van der Waals surface area (Å²) in [4.78, 5) is 29.5. The summed E-state index contributed by atoms with van der Waals surface area (Å²) in [6, 6.07) is 17.8. The molecule has 1 atom stereocenters. The number of carbonyl (C=O) groups is 2. The van der Waals surface area contributed by atoms with Gasteiger partial charge in [-0.1, -0.05) is 35.4 Å². The van der Waals surface area contributed by atoms with Crippen molar-refractivity contribution < 1.29 is 14.0 Å². The molecule has 0 radical (unpaired) electrons. The first-order valence-electron chi connectivity index (χ1n) is 8.85. The zero-order chi connectivity index (χ0) is 19.0. The summed E-state index contributed by atoms with van der Waals surface area (Å²) in [5.74, 6) is 0.111. The van der Waals surface area contributed by atoms with Gasteiger partial charge in [0.05, 0.1) is 6.26 Å². The molecule has 1 saturated heterocycles. The van der Waals surface area contributed by atoms with Gasteiger partial charge in [0.25, 0.3) is 5.91 Å². The summed E-state index contributed by atoms with van der Waals surface area (Å²) in [6.07, 6.45) is 1.52. The molecular weight excluding hydrogens is 340 g/mol. The predicted octanol–water partition coefficient (Wildman–Crippen LogP) is 4.02. The zero-order valence-corrected chi connectivity index (χ0v) is 15.3. The second-order valence-electron chi connectivity index (χ2n) is 6.78. The van der Waals surface area contributed by atoms with Crippen molar-refractivity contribution in [3.8, 4) is 0 Å². The fraction of sp³-hybridized carbons (Fsp3) is 0.182. The first-order chi connectivity index (χ1) is 13.0. The van der Waals surface area contributed by atoms with E-state index in [1.807, 2.05) is 62.4 Å². The summed E-state index contributed by atoms with van der Waals surface area (Å²) in [7, 11) is 0. The minimum atomic E-state index is -0.828. The predicted molar refractivity (Wildman–Crippen MR) is 104 cm³/mol. The fourth-order valence-electron chi connectivity index (χ4n) is 3.33. The molecule has 0 aliphatic carbocycles. The van der Waals surface area contributed by atoms with Crippen molar-refractivity contribution in [3.05, 3.63) is 83.8 Å². The number of nitrogens with zero attached hydrogens (tertiary/aromatic N) is 2. The third-order valence-corrected chi connectivity index (χ3v) is 4.79. The number of hydrogen-bond acceptors (Lipinski definition) is 3. The number of benzene rings is 2. The second kappa shape index (κ2) is 6.76. The van der Waals surface area contributed by atoms with Crippen LogP contribution in [0, 0.1) is 13.8 Å². The van der Waals surface area contributed by atoms with Gasteiger partial charge < -0.3 is 9.32 Å². The lowest BCUT2D eigenvalue weighted by molar-refractivity contribution is -0.129. The van der Waals surface area contributed by atoms with Gasteiger partial charge in [0.1, 0.15) is 12.3 Å². The quantitative estimate of drug-likeness (QED) is 0.709. The lowest BCUT2D eigenvalue weighted by Gasteiger charge is -2.39. The van der Waals surface area contributed by atoms with Crippen LogP contribution in [0.25, 0.3) is 0 Å². The van der Waals surface area contributed by atoms with E-state index in [4.69, 9.17) is 4.42 Å². The van der Waals surface area contributed by atoms with Crippen LogP contribution in [0.3, 0.4) is 0 Å². The van der Waals surface area contributed by atoms with Crippen molar-refractivity contribution in [2.75, 3.05) is 16.3 Å². The van der Waals surface area contributed by atoms with Crippen molar-refractivity contribution >= 4 is 23.2 Å². The molecule has 5 heteroatoms. The van der Waals surface area contributed by atoms with Crippen molar-refractivity contribution in [3.63, 3.8) is 0 Å². The largest absolute Gasteiger partial charge is 0.467 e. The Morgan fingerprint density at radius 2 is 1.44 bits per heavy atom. The molecule has 2 aromatic carbocycles. The van der Waals surface area contributed by atoms with E-state index < -0.39 is 6.04 Å². The van der Waals surface area contributed by atoms with Gasteiger partial charge in [-0.25, -0.2) is 0 Å². The first-order valence-corrected chi connectivity index (χ1v) is 8.85. The number of furan rings is 1. The molecule has 1 aromatic heterocycles. The molecular formula is C22H20N2O3. The van der Waals surface area contributed by atoms with E-state index in [0.717, 1.165) is 11.1 Å². The van der Waals surface area contributed by atoms with Gasteiger partial charge in [-0.2, -0.15) is 0 Å². The normalized spacial score (nSPS) is 17.5. The molecule has 0 spiro atoms. The van der Waals surface area contributed by atoms with Crippen molar-refractivity contribution in [2.45, 2.75) is 19.9 Å². The van der Waals surface area contributed by atoms with E-state index in [0.29, 0.717) is 17.1 Å². The van der Waals surface area contributed by atoms with Crippen LogP contribution >= 0.6 is 0 Å². The zero-order valence-electron chi connectivity index (χ0n) is 15.3. The Bertz CT molecular complexity index is 960. The summed E-state index contributed by atoms with van der Waals surface area (Å²) >= 11 is 0. The first kappa shape index (κ1) is 17.1. The highest BCUT2D eigenvalue weighted by Gasteiger charge is 2.43. The van der Waals surface area contributed by atoms with Crippen LogP contribution in [0.5, 0.6) is 0 Å². The highest BCUT2D eigenvalue weighted by molar-refractivity contribution is 6.14. The van der Waals surface area contributed by atoms with Crippen molar-refractivity contribution in [1.82, 2.24) is 0 Å². The van der Waals surface area contributed by atoms with Crippen LogP contribution in [0.2, 0.25) is 0 Å². The Morgan fingerprint density at radius 1 is 0.852 bits per heavy atom. The molecule has 4 rings (SSSR count). The molecule has 1 aliphatic heterocycles. The molecule has 0 bridgehead atoms. The summed E-state index contributed by atoms with van der Waals surface area (Å²) in [5.41, 5.74) is 3.58. The minimum absolute atomic E-state index is 0.00696. The Balaban J connectivity index is 1.77. The molecule has 27 heavy (non-hydrogen) atoms. The van der Waals surface area contributed by atoms with E-state index in [1.54, 1.807) is 12.1 Å². The van der Waals surface area contributed by atoms with Gasteiger partial charge in [0.2, 0.25) is 5.91 Å². The van der Waals surface area contributed by atoms with Gasteiger partial charge in [-0.05, 0) is 50.2 Å². The molecule has 1 aliphatic rings. The molecule has 1 unspecified atom stereocenters. The van der Waals surface area contributed by atoms with Crippen molar-refractivity contribution in [1.29, 1.82) is 0 Å². The molecule has 2 heterocycles. The van der Waals surface area contributed by atoms with Gasteiger partial charge in [-0.3, -0.25) is 14.5 Å². The Kier molecular flexibility index (Phi) is 4.28. The average molecular weight is 360 g/mol. The minimum Gasteiger partial charge on any atom is -0.467 e. The maximum Gasteiger partial charge on any atom is 0.258 e. The summed E-state index contributed by atoms with van der Waals surface area (Å²) < 4.78 is 5.53. The number of rotatable bonds is 3. The topological polar surface area (TPSA) is 53.8 Å². The van der Waals surface area contributed by atoms with Crippen molar-refractivity contribution in [2.24, 2.45) is 0 Å². The number of amides is 2. The lowest BCUT2D eigenvalue weighted by atomic mass is 10.0. The number of anilines is 2. The highest BCUT2D eigenvalue weighted by atomic mass is 16.3. The number of piperazine rings is 1. The maximum absolute atomic E-state index is 13.4. The molecule has 2 amide bonds. The Hall–Kier alpha value is -3.34. The highest BCUT2D eigenvalue weighted by Crippen LogP contribution is 2.34. The Labute approximate surface area is 157 Å². The molecule has 3 aromatic rings. The van der Waals surface area contributed by atoms with E-state index >= 15 is 0 Å². The van der Waals surface area contributed by atoms with Gasteiger partial charge >= 0.3 is 0 Å². The smallest absolute Gasteiger partial charge is 0.258 e. The van der Waals surface area contributed by atoms with E-state index in [9.17, 15) is 9.59 Å². The van der Waals surface area contributed by atoms with Gasteiger partial charge in [0.15, 0.2) is 6.04 Å². The van der Waals surface area contributed by atoms with Gasteiger partial charge in [0, 0.05) is 11.4 Å². The van der Waals surface area contributed by atoms with Crippen LogP contribution < -0.4 is 9.80 Å². The Morgan fingerprint density at radius 3 is 2.00 bits per heavy atom. The third kappa shape index (κ3) is 3.12. The van der Waals surface area contributed by atoms with E-state index in [2.05, 4.69) is 0 Å². The number of hydrogen-bond donors (Lipinski definition) is 0. The number of aryl methyl sites for hydroxylation is 2. The SMILES string of the molecule is Cc1ccc(N2CC(=O)N(c3ccc(C)cc3)C(c3ccco3)C2=O)cc1. The third-order valence-electron chi connectivity index (χ3n) is 4.79. The molecule has 136 valence electrons. The maximum atomic E-state index is 13.4. The van der Waals surface area contributed by atoms with Crippen LogP contribution in [-0.2, 0) is 9.59 Å². The summed E-state index contributed by atoms with van der Waals surface area (Å²) in [5, 5.41) is 0. The van der Waals surface area contributed by atoms with Crippen LogP contribution in [0.1, 0.15) is 22.9 Å². The van der Waals surface area contributed by atoms with Crippen LogP contribution in [0.4, 0.5) is 11.4 Å². The summed E-state index contributed by atoms with van der Waals surface area (Å²) in [6.45, 7) is 3.96. The molecule has 0 saturated carbocycles. The number of carbonyl (C=O) groups excluding carboxylic acids is 2. The van der Waals surface area contributed by atoms with Gasteiger partial charge in [-0.15, -0.1) is 0 Å². The standard InChI is InChI=1S/C22H20N2O3/c1-15-5-9-17(10-6-15)23-14-20(25)24(18-11-7-16(2)8-12-18)21(22(23)26)19-4-3-13-27-19/h3-13,21H,14H2,1-2H3. The van der Waals surface area contributed by atoms with E-state index in [-0.39, 0.29) is 18.4 Å². The fourth-order valence-corrected chi connectivity index (χ4v) is 3.33. The van der Waals surface area contributed by atoms with E-state index in [1.165, 1.54) is 16.1 Å². The molecule has 1 fully saturated rings. The average Bonchev–Trinajstić information content (AvgIpc) is 3.19. The second-order valence-corrected chi connectivity index (χ2v) is 6.78. The van der Waals surface area contributed by atoms with Crippen LogP contribution in [-0.4, -0.2) is 18.4 Å².